The Morgan fingerprint density at radius 3 is 2.71 bits per heavy atom. The molecule has 0 aromatic heterocycles. The van der Waals surface area contributed by atoms with E-state index in [9.17, 15) is 4.39 Å². The summed E-state index contributed by atoms with van der Waals surface area (Å²) < 4.78 is 18.2. The molecule has 94 valence electrons. The minimum Gasteiger partial charge on any atom is -0.381 e. The second-order valence-electron chi connectivity index (χ2n) is 4.81. The average Bonchev–Trinajstić information content (AvgIpc) is 2.86. The van der Waals surface area contributed by atoms with Crippen LogP contribution in [0.15, 0.2) is 24.3 Å². The predicted molar refractivity (Wildman–Crippen MR) is 66.4 cm³/mol. The first-order chi connectivity index (χ1) is 8.14. The van der Waals surface area contributed by atoms with Crippen molar-refractivity contribution in [1.82, 2.24) is 0 Å². The molecule has 0 aliphatic carbocycles. The Balaban J connectivity index is 2.10. The molecule has 2 atom stereocenters. The Morgan fingerprint density at radius 1 is 1.47 bits per heavy atom. The van der Waals surface area contributed by atoms with Crippen LogP contribution in [0.1, 0.15) is 13.3 Å². The third-order valence-corrected chi connectivity index (χ3v) is 3.53. The minimum absolute atomic E-state index is 0.200. The first-order valence-electron chi connectivity index (χ1n) is 5.95. The molecular weight excluding hydrogens is 219 g/mol. The molecular formula is C13H19FN2O. The van der Waals surface area contributed by atoms with Gasteiger partial charge in [-0.2, -0.15) is 0 Å². The third-order valence-electron chi connectivity index (χ3n) is 3.53. The van der Waals surface area contributed by atoms with Gasteiger partial charge in [-0.1, -0.05) is 0 Å². The van der Waals surface area contributed by atoms with Gasteiger partial charge in [-0.05, 0) is 37.6 Å². The third kappa shape index (κ3) is 2.76. The van der Waals surface area contributed by atoms with Gasteiger partial charge in [0.15, 0.2) is 0 Å². The van der Waals surface area contributed by atoms with Gasteiger partial charge in [0.2, 0.25) is 0 Å². The lowest BCUT2D eigenvalue weighted by molar-refractivity contribution is 0.172. The average molecular weight is 238 g/mol. The lowest BCUT2D eigenvalue weighted by Gasteiger charge is -2.35. The molecule has 1 saturated heterocycles. The maximum atomic E-state index is 12.8. The highest BCUT2D eigenvalue weighted by Gasteiger charge is 2.35. The number of hydrogen-bond acceptors (Lipinski definition) is 3. The molecule has 3 N–H and O–H groups in total. The number of nitrogens with one attached hydrogen (secondary N) is 1. The topological polar surface area (TPSA) is 47.3 Å². The normalized spacial score (nSPS) is 23.4. The maximum Gasteiger partial charge on any atom is 0.123 e. The molecule has 1 aliphatic heterocycles. The first kappa shape index (κ1) is 12.3. The molecule has 17 heavy (non-hydrogen) atoms. The Labute approximate surface area is 101 Å². The number of anilines is 1. The molecule has 0 spiro atoms. The van der Waals surface area contributed by atoms with Crippen molar-refractivity contribution in [2.45, 2.75) is 18.9 Å². The number of rotatable bonds is 4. The van der Waals surface area contributed by atoms with Crippen LogP contribution in [-0.4, -0.2) is 25.3 Å². The van der Waals surface area contributed by atoms with Gasteiger partial charge in [0, 0.05) is 24.8 Å². The van der Waals surface area contributed by atoms with Crippen molar-refractivity contribution in [2.75, 3.05) is 25.1 Å². The zero-order valence-electron chi connectivity index (χ0n) is 10.1. The SMILES string of the molecule is CC(CN)(Nc1ccc(F)cc1)C1CCOC1. The lowest BCUT2D eigenvalue weighted by Crippen LogP contribution is -2.49. The highest BCUT2D eigenvalue weighted by Crippen LogP contribution is 2.28. The van der Waals surface area contributed by atoms with E-state index in [0.717, 1.165) is 25.3 Å². The van der Waals surface area contributed by atoms with E-state index >= 15 is 0 Å². The standard InChI is InChI=1S/C13H19FN2O/c1-13(9-15,10-6-7-17-8-10)16-12-4-2-11(14)3-5-12/h2-5,10,16H,6-9,15H2,1H3. The Hall–Kier alpha value is -1.13. The second-order valence-corrected chi connectivity index (χ2v) is 4.81. The molecule has 2 rings (SSSR count). The largest absolute Gasteiger partial charge is 0.381 e. The summed E-state index contributed by atoms with van der Waals surface area (Å²) in [5, 5.41) is 3.40. The fraction of sp³-hybridized carbons (Fsp3) is 0.538. The monoisotopic (exact) mass is 238 g/mol. The molecule has 0 saturated carbocycles. The molecule has 0 amide bonds. The van der Waals surface area contributed by atoms with Crippen LogP contribution >= 0.6 is 0 Å². The van der Waals surface area contributed by atoms with Crippen LogP contribution in [0.2, 0.25) is 0 Å². The van der Waals surface area contributed by atoms with E-state index in [-0.39, 0.29) is 11.4 Å². The molecule has 0 radical (unpaired) electrons. The number of halogens is 1. The number of ether oxygens (including phenoxy) is 1. The van der Waals surface area contributed by atoms with Crippen LogP contribution in [0.25, 0.3) is 0 Å². The highest BCUT2D eigenvalue weighted by atomic mass is 19.1. The van der Waals surface area contributed by atoms with Gasteiger partial charge in [-0.3, -0.25) is 0 Å². The molecule has 1 aromatic rings. The number of nitrogens with two attached hydrogens (primary N) is 1. The molecule has 1 fully saturated rings. The molecule has 2 unspecified atom stereocenters. The summed E-state index contributed by atoms with van der Waals surface area (Å²) in [4.78, 5) is 0. The van der Waals surface area contributed by atoms with Gasteiger partial charge in [0.05, 0.1) is 12.1 Å². The Morgan fingerprint density at radius 2 is 2.18 bits per heavy atom. The van der Waals surface area contributed by atoms with Gasteiger partial charge in [-0.15, -0.1) is 0 Å². The van der Waals surface area contributed by atoms with Crippen LogP contribution < -0.4 is 11.1 Å². The molecule has 1 aliphatic rings. The fourth-order valence-electron chi connectivity index (χ4n) is 2.22. The van der Waals surface area contributed by atoms with Crippen molar-refractivity contribution in [3.8, 4) is 0 Å². The van der Waals surface area contributed by atoms with E-state index in [1.807, 2.05) is 0 Å². The quantitative estimate of drug-likeness (QED) is 0.843. The number of benzene rings is 1. The van der Waals surface area contributed by atoms with E-state index in [4.69, 9.17) is 10.5 Å². The summed E-state index contributed by atoms with van der Waals surface area (Å²) in [5.41, 5.74) is 6.57. The smallest absolute Gasteiger partial charge is 0.123 e. The van der Waals surface area contributed by atoms with Gasteiger partial charge < -0.3 is 15.8 Å². The molecule has 4 heteroatoms. The van der Waals surface area contributed by atoms with Gasteiger partial charge in [0.25, 0.3) is 0 Å². The zero-order valence-corrected chi connectivity index (χ0v) is 10.1. The van der Waals surface area contributed by atoms with Crippen molar-refractivity contribution >= 4 is 5.69 Å². The van der Waals surface area contributed by atoms with Crippen molar-refractivity contribution in [1.29, 1.82) is 0 Å². The summed E-state index contributed by atoms with van der Waals surface area (Å²) in [6.07, 6.45) is 1.02. The minimum atomic E-state index is -0.228. The summed E-state index contributed by atoms with van der Waals surface area (Å²) in [7, 11) is 0. The fourth-order valence-corrected chi connectivity index (χ4v) is 2.22. The van der Waals surface area contributed by atoms with Crippen LogP contribution in [0.4, 0.5) is 10.1 Å². The van der Waals surface area contributed by atoms with Crippen molar-refractivity contribution in [3.63, 3.8) is 0 Å². The highest BCUT2D eigenvalue weighted by molar-refractivity contribution is 5.45. The van der Waals surface area contributed by atoms with Gasteiger partial charge in [0.1, 0.15) is 5.82 Å². The Kier molecular flexibility index (Phi) is 3.64. The Bertz CT molecular complexity index is 362. The summed E-state index contributed by atoms with van der Waals surface area (Å²) in [5.74, 6) is 0.173. The summed E-state index contributed by atoms with van der Waals surface area (Å²) >= 11 is 0. The van der Waals surface area contributed by atoms with E-state index in [2.05, 4.69) is 12.2 Å². The van der Waals surface area contributed by atoms with Crippen LogP contribution in [0.5, 0.6) is 0 Å². The first-order valence-corrected chi connectivity index (χ1v) is 5.95. The maximum absolute atomic E-state index is 12.8. The van der Waals surface area contributed by atoms with Crippen molar-refractivity contribution in [2.24, 2.45) is 11.7 Å². The van der Waals surface area contributed by atoms with E-state index in [1.165, 1.54) is 12.1 Å². The van der Waals surface area contributed by atoms with Crippen LogP contribution in [-0.2, 0) is 4.74 Å². The van der Waals surface area contributed by atoms with Crippen LogP contribution in [0, 0.1) is 11.7 Å². The zero-order chi connectivity index (χ0) is 12.3. The summed E-state index contributed by atoms with van der Waals surface area (Å²) in [6, 6.07) is 6.37. The molecule has 1 heterocycles. The number of hydrogen-bond donors (Lipinski definition) is 2. The lowest BCUT2D eigenvalue weighted by atomic mass is 9.84. The van der Waals surface area contributed by atoms with Gasteiger partial charge >= 0.3 is 0 Å². The van der Waals surface area contributed by atoms with E-state index < -0.39 is 0 Å². The molecule has 3 nitrogen and oxygen atoms in total. The second kappa shape index (κ2) is 5.02. The molecule has 0 bridgehead atoms. The van der Waals surface area contributed by atoms with Gasteiger partial charge in [-0.25, -0.2) is 4.39 Å². The summed E-state index contributed by atoms with van der Waals surface area (Å²) in [6.45, 7) is 4.15. The van der Waals surface area contributed by atoms with E-state index in [1.54, 1.807) is 12.1 Å². The van der Waals surface area contributed by atoms with E-state index in [0.29, 0.717) is 12.5 Å². The molecule has 1 aromatic carbocycles. The predicted octanol–water partition coefficient (Wildman–Crippen LogP) is 1.99. The van der Waals surface area contributed by atoms with Crippen molar-refractivity contribution in [3.05, 3.63) is 30.1 Å². The van der Waals surface area contributed by atoms with Crippen LogP contribution in [0.3, 0.4) is 0 Å². The van der Waals surface area contributed by atoms with Crippen molar-refractivity contribution < 1.29 is 9.13 Å².